The summed E-state index contributed by atoms with van der Waals surface area (Å²) in [5.41, 5.74) is 1.73. The molecule has 3 rings (SSSR count). The maximum absolute atomic E-state index is 12.8. The first-order valence-corrected chi connectivity index (χ1v) is 10.1. The summed E-state index contributed by atoms with van der Waals surface area (Å²) in [6, 6.07) is 17.4. The van der Waals surface area contributed by atoms with Crippen LogP contribution in [0.3, 0.4) is 0 Å². The van der Waals surface area contributed by atoms with Crippen molar-refractivity contribution in [3.05, 3.63) is 70.0 Å². The van der Waals surface area contributed by atoms with Crippen LogP contribution in [0.5, 0.6) is 0 Å². The molecule has 27 heavy (non-hydrogen) atoms. The fourth-order valence-corrected chi connectivity index (χ4v) is 3.98. The molecule has 0 bridgehead atoms. The number of aromatic nitrogens is 1. The standard InChI is InChI=1S/C22H22BrN3O/c23-20-13-7-12-19(25-20)14-18(15-24)22(27)26-21(16-8-3-1-4-9-16)17-10-5-2-6-11-17/h1,3-4,7-9,12-14,17,21H,2,5-6,10-11H2,(H,26,27)/b18-14+/t21-/m1/s1. The minimum absolute atomic E-state index is 0.0670. The largest absolute Gasteiger partial charge is 0.344 e. The fourth-order valence-electron chi connectivity index (χ4n) is 3.62. The molecule has 1 aromatic heterocycles. The maximum atomic E-state index is 12.8. The van der Waals surface area contributed by atoms with Crippen molar-refractivity contribution in [3.63, 3.8) is 0 Å². The van der Waals surface area contributed by atoms with Gasteiger partial charge in [-0.15, -0.1) is 0 Å². The van der Waals surface area contributed by atoms with Crippen molar-refractivity contribution in [2.24, 2.45) is 5.92 Å². The second kappa shape index (κ2) is 9.48. The molecule has 0 spiro atoms. The molecule has 1 fully saturated rings. The summed E-state index contributed by atoms with van der Waals surface area (Å²) in [6.45, 7) is 0. The van der Waals surface area contributed by atoms with Crippen LogP contribution in [0.1, 0.15) is 49.4 Å². The van der Waals surface area contributed by atoms with Gasteiger partial charge >= 0.3 is 0 Å². The van der Waals surface area contributed by atoms with E-state index in [1.807, 2.05) is 42.5 Å². The third-order valence-electron chi connectivity index (χ3n) is 4.96. The average Bonchev–Trinajstić information content (AvgIpc) is 2.71. The number of carbonyl (C=O) groups is 1. The molecule has 1 aliphatic carbocycles. The number of hydrogen-bond acceptors (Lipinski definition) is 3. The molecule has 1 aromatic carbocycles. The molecule has 1 heterocycles. The number of halogens is 1. The van der Waals surface area contributed by atoms with E-state index >= 15 is 0 Å². The van der Waals surface area contributed by atoms with Gasteiger partial charge in [0.25, 0.3) is 5.91 Å². The van der Waals surface area contributed by atoms with Crippen molar-refractivity contribution < 1.29 is 4.79 Å². The summed E-state index contributed by atoms with van der Waals surface area (Å²) >= 11 is 3.31. The highest BCUT2D eigenvalue weighted by Crippen LogP contribution is 2.34. The number of nitrogens with one attached hydrogen (secondary N) is 1. The second-order valence-electron chi connectivity index (χ2n) is 6.81. The van der Waals surface area contributed by atoms with Crippen LogP contribution in [0.15, 0.2) is 58.7 Å². The molecule has 2 aromatic rings. The topological polar surface area (TPSA) is 65.8 Å². The van der Waals surface area contributed by atoms with Crippen molar-refractivity contribution in [3.8, 4) is 6.07 Å². The van der Waals surface area contributed by atoms with Gasteiger partial charge in [-0.2, -0.15) is 5.26 Å². The SMILES string of the molecule is N#C/C(=C\c1cccc(Br)n1)C(=O)N[C@H](c1ccccc1)C1CCCCC1. The van der Waals surface area contributed by atoms with Gasteiger partial charge in [0, 0.05) is 0 Å². The van der Waals surface area contributed by atoms with Crippen LogP contribution in [0.25, 0.3) is 6.08 Å². The number of benzene rings is 1. The van der Waals surface area contributed by atoms with E-state index in [-0.39, 0.29) is 17.5 Å². The lowest BCUT2D eigenvalue weighted by atomic mass is 9.81. The zero-order valence-electron chi connectivity index (χ0n) is 15.1. The molecule has 0 aliphatic heterocycles. The molecule has 0 radical (unpaired) electrons. The van der Waals surface area contributed by atoms with Gasteiger partial charge in [0.1, 0.15) is 16.2 Å². The van der Waals surface area contributed by atoms with Gasteiger partial charge in [0.2, 0.25) is 0 Å². The Morgan fingerprint density at radius 3 is 2.56 bits per heavy atom. The number of nitrogens with zero attached hydrogens (tertiary/aromatic N) is 2. The van der Waals surface area contributed by atoms with Gasteiger partial charge in [-0.3, -0.25) is 4.79 Å². The van der Waals surface area contributed by atoms with E-state index in [4.69, 9.17) is 0 Å². The van der Waals surface area contributed by atoms with Crippen LogP contribution < -0.4 is 5.32 Å². The predicted octanol–water partition coefficient (Wildman–Crippen LogP) is 5.19. The Morgan fingerprint density at radius 1 is 1.15 bits per heavy atom. The van der Waals surface area contributed by atoms with E-state index in [2.05, 4.69) is 26.2 Å². The van der Waals surface area contributed by atoms with Crippen LogP contribution in [-0.4, -0.2) is 10.9 Å². The van der Waals surface area contributed by atoms with E-state index in [9.17, 15) is 10.1 Å². The summed E-state index contributed by atoms with van der Waals surface area (Å²) in [5, 5.41) is 12.6. The van der Waals surface area contributed by atoms with Crippen molar-refractivity contribution in [1.29, 1.82) is 5.26 Å². The highest BCUT2D eigenvalue weighted by Gasteiger charge is 2.27. The Bertz CT molecular complexity index is 851. The first-order chi connectivity index (χ1) is 13.2. The third-order valence-corrected chi connectivity index (χ3v) is 5.40. The fraction of sp³-hybridized carbons (Fsp3) is 0.318. The highest BCUT2D eigenvalue weighted by molar-refractivity contribution is 9.10. The summed E-state index contributed by atoms with van der Waals surface area (Å²) in [5.74, 6) is 0.0488. The van der Waals surface area contributed by atoms with Gasteiger partial charge in [-0.1, -0.05) is 55.7 Å². The van der Waals surface area contributed by atoms with E-state index in [1.54, 1.807) is 12.1 Å². The van der Waals surface area contributed by atoms with Crippen molar-refractivity contribution >= 4 is 27.9 Å². The number of rotatable bonds is 5. The number of hydrogen-bond donors (Lipinski definition) is 1. The molecule has 0 saturated heterocycles. The van der Waals surface area contributed by atoms with Crippen molar-refractivity contribution in [2.45, 2.75) is 38.1 Å². The van der Waals surface area contributed by atoms with Crippen molar-refractivity contribution in [1.82, 2.24) is 10.3 Å². The molecule has 1 N–H and O–H groups in total. The normalized spacial score (nSPS) is 16.4. The smallest absolute Gasteiger partial charge is 0.262 e. The molecule has 1 aliphatic rings. The number of nitriles is 1. The van der Waals surface area contributed by atoms with Crippen LogP contribution in [0.2, 0.25) is 0 Å². The zero-order chi connectivity index (χ0) is 19.1. The highest BCUT2D eigenvalue weighted by atomic mass is 79.9. The van der Waals surface area contributed by atoms with Gasteiger partial charge in [-0.05, 0) is 58.5 Å². The monoisotopic (exact) mass is 423 g/mol. The van der Waals surface area contributed by atoms with E-state index < -0.39 is 0 Å². The Morgan fingerprint density at radius 2 is 1.89 bits per heavy atom. The van der Waals surface area contributed by atoms with Crippen molar-refractivity contribution in [2.75, 3.05) is 0 Å². The van der Waals surface area contributed by atoms with E-state index in [0.29, 0.717) is 16.2 Å². The number of pyridine rings is 1. The van der Waals surface area contributed by atoms with Gasteiger partial charge in [0.15, 0.2) is 0 Å². The van der Waals surface area contributed by atoms with E-state index in [1.165, 1.54) is 25.3 Å². The molecule has 1 atom stereocenters. The Hall–Kier alpha value is -2.45. The first-order valence-electron chi connectivity index (χ1n) is 9.27. The minimum Gasteiger partial charge on any atom is -0.344 e. The predicted molar refractivity (Wildman–Crippen MR) is 109 cm³/mol. The third kappa shape index (κ3) is 5.27. The van der Waals surface area contributed by atoms with Gasteiger partial charge < -0.3 is 5.32 Å². The van der Waals surface area contributed by atoms with Crippen LogP contribution in [0, 0.1) is 17.2 Å². The van der Waals surface area contributed by atoms with Gasteiger partial charge in [0.05, 0.1) is 11.7 Å². The van der Waals surface area contributed by atoms with Crippen LogP contribution in [0.4, 0.5) is 0 Å². The second-order valence-corrected chi connectivity index (χ2v) is 7.63. The molecular formula is C22H22BrN3O. The van der Waals surface area contributed by atoms with Gasteiger partial charge in [-0.25, -0.2) is 4.98 Å². The maximum Gasteiger partial charge on any atom is 0.262 e. The lowest BCUT2D eigenvalue weighted by molar-refractivity contribution is -0.118. The van der Waals surface area contributed by atoms with Crippen LogP contribution in [-0.2, 0) is 4.79 Å². The molecule has 1 saturated carbocycles. The van der Waals surface area contributed by atoms with E-state index in [0.717, 1.165) is 18.4 Å². The number of carbonyl (C=O) groups excluding carboxylic acids is 1. The number of amides is 1. The molecule has 1 amide bonds. The Labute approximate surface area is 168 Å². The average molecular weight is 424 g/mol. The summed E-state index contributed by atoms with van der Waals surface area (Å²) < 4.78 is 0.665. The molecule has 138 valence electrons. The summed E-state index contributed by atoms with van der Waals surface area (Å²) in [4.78, 5) is 17.1. The van der Waals surface area contributed by atoms with Crippen LogP contribution >= 0.6 is 15.9 Å². The molecule has 5 heteroatoms. The lowest BCUT2D eigenvalue weighted by Crippen LogP contribution is -2.35. The lowest BCUT2D eigenvalue weighted by Gasteiger charge is -2.31. The Balaban J connectivity index is 1.83. The molecule has 0 unspecified atom stereocenters. The summed E-state index contributed by atoms with van der Waals surface area (Å²) in [6.07, 6.45) is 7.35. The molecular weight excluding hydrogens is 402 g/mol. The molecule has 4 nitrogen and oxygen atoms in total. The quantitative estimate of drug-likeness (QED) is 0.408. The Kier molecular flexibility index (Phi) is 6.78. The summed E-state index contributed by atoms with van der Waals surface area (Å²) in [7, 11) is 0. The minimum atomic E-state index is -0.348. The first kappa shape index (κ1) is 19.3. The zero-order valence-corrected chi connectivity index (χ0v) is 16.7.